The van der Waals surface area contributed by atoms with Crippen LogP contribution in [-0.4, -0.2) is 28.1 Å². The molecule has 3 rings (SSSR count). The summed E-state index contributed by atoms with van der Waals surface area (Å²) in [5, 5.41) is 12.2. The Balaban J connectivity index is 2.04. The number of carboxylic acids is 1. The molecule has 0 amide bonds. The zero-order chi connectivity index (χ0) is 18.0. The highest BCUT2D eigenvalue weighted by Crippen LogP contribution is 2.38. The molecule has 25 heavy (non-hydrogen) atoms. The van der Waals surface area contributed by atoms with Crippen LogP contribution in [0.15, 0.2) is 35.8 Å². The van der Waals surface area contributed by atoms with Crippen molar-refractivity contribution >= 4 is 39.6 Å². The molecule has 7 heteroatoms. The second kappa shape index (κ2) is 7.33. The van der Waals surface area contributed by atoms with Crippen molar-refractivity contribution in [1.29, 1.82) is 0 Å². The molecule has 3 aromatic heterocycles. The lowest BCUT2D eigenvalue weighted by atomic mass is 10.1. The van der Waals surface area contributed by atoms with Crippen molar-refractivity contribution < 1.29 is 9.90 Å². The third-order valence-corrected chi connectivity index (χ3v) is 5.69. The Kier molecular flexibility index (Phi) is 5.15. The first-order chi connectivity index (χ1) is 12.0. The molecule has 1 N–H and O–H groups in total. The second-order valence-electron chi connectivity index (χ2n) is 6.08. The fourth-order valence-corrected chi connectivity index (χ4v) is 4.58. The number of thiophene rings is 1. The van der Waals surface area contributed by atoms with E-state index in [0.29, 0.717) is 11.7 Å². The van der Waals surface area contributed by atoms with Crippen LogP contribution in [0.5, 0.6) is 0 Å². The fourth-order valence-electron chi connectivity index (χ4n) is 2.52. The van der Waals surface area contributed by atoms with Gasteiger partial charge >= 0.3 is 5.97 Å². The van der Waals surface area contributed by atoms with Crippen LogP contribution in [0.25, 0.3) is 10.6 Å². The smallest absolute Gasteiger partial charge is 0.339 e. The molecule has 0 bridgehead atoms. The van der Waals surface area contributed by atoms with E-state index >= 15 is 0 Å². The fraction of sp³-hybridized carbons (Fsp3) is 0.278. The zero-order valence-electron chi connectivity index (χ0n) is 14.3. The van der Waals surface area contributed by atoms with Gasteiger partial charge in [-0.3, -0.25) is 0 Å². The Morgan fingerprint density at radius 3 is 2.76 bits per heavy atom. The lowest BCUT2D eigenvalue weighted by Gasteiger charge is -2.16. The normalized spacial score (nSPS) is 11.0. The van der Waals surface area contributed by atoms with Crippen LogP contribution in [-0.2, 0) is 6.42 Å². The van der Waals surface area contributed by atoms with Gasteiger partial charge in [-0.2, -0.15) is 0 Å². The van der Waals surface area contributed by atoms with Crippen LogP contribution >= 0.6 is 22.7 Å². The minimum absolute atomic E-state index is 0.170. The van der Waals surface area contributed by atoms with Gasteiger partial charge in [-0.25, -0.2) is 14.8 Å². The minimum atomic E-state index is -0.993. The molecule has 0 aromatic carbocycles. The third-order valence-electron chi connectivity index (χ3n) is 3.66. The van der Waals surface area contributed by atoms with Gasteiger partial charge in [0, 0.05) is 18.1 Å². The number of pyridine rings is 1. The monoisotopic (exact) mass is 373 g/mol. The highest BCUT2D eigenvalue weighted by Gasteiger charge is 2.21. The van der Waals surface area contributed by atoms with E-state index in [-0.39, 0.29) is 5.56 Å². The van der Waals surface area contributed by atoms with Crippen LogP contribution < -0.4 is 4.90 Å². The van der Waals surface area contributed by atoms with Crippen molar-refractivity contribution in [2.75, 3.05) is 11.9 Å². The van der Waals surface area contributed by atoms with E-state index < -0.39 is 5.97 Å². The molecule has 3 aromatic rings. The quantitative estimate of drug-likeness (QED) is 0.663. The van der Waals surface area contributed by atoms with Crippen molar-refractivity contribution in [3.05, 3.63) is 46.3 Å². The number of carboxylic acid groups (broad SMARTS) is 1. The Morgan fingerprint density at radius 2 is 2.12 bits per heavy atom. The van der Waals surface area contributed by atoms with Gasteiger partial charge in [0.1, 0.15) is 11.4 Å². The van der Waals surface area contributed by atoms with E-state index in [0.717, 1.165) is 22.1 Å². The molecule has 0 spiro atoms. The first-order valence-corrected chi connectivity index (χ1v) is 9.62. The number of aromatic carboxylic acids is 1. The van der Waals surface area contributed by atoms with E-state index in [1.54, 1.807) is 45.9 Å². The minimum Gasteiger partial charge on any atom is -0.478 e. The van der Waals surface area contributed by atoms with Crippen LogP contribution in [0.3, 0.4) is 0 Å². The predicted molar refractivity (Wildman–Crippen MR) is 103 cm³/mol. The number of nitrogens with zero attached hydrogens (tertiary/aromatic N) is 3. The van der Waals surface area contributed by atoms with Gasteiger partial charge in [0.05, 0.1) is 10.6 Å². The van der Waals surface area contributed by atoms with Gasteiger partial charge in [-0.1, -0.05) is 19.9 Å². The van der Waals surface area contributed by atoms with Gasteiger partial charge in [0.15, 0.2) is 5.13 Å². The maximum Gasteiger partial charge on any atom is 0.339 e. The van der Waals surface area contributed by atoms with Crippen molar-refractivity contribution in [2.45, 2.75) is 20.3 Å². The van der Waals surface area contributed by atoms with Gasteiger partial charge in [0.25, 0.3) is 0 Å². The molecule has 3 heterocycles. The zero-order valence-corrected chi connectivity index (χ0v) is 15.9. The molecule has 0 aliphatic rings. The summed E-state index contributed by atoms with van der Waals surface area (Å²) in [5.74, 6) is -0.0771. The SMILES string of the molecule is CC(C)Cc1sc(N(C)c2ncccc2C(=O)O)nc1-c1cccs1. The summed E-state index contributed by atoms with van der Waals surface area (Å²) in [5.41, 5.74) is 1.16. The summed E-state index contributed by atoms with van der Waals surface area (Å²) < 4.78 is 0. The van der Waals surface area contributed by atoms with Crippen LogP contribution in [0.2, 0.25) is 0 Å². The molecule has 0 saturated carbocycles. The predicted octanol–water partition coefficient (Wildman–Crippen LogP) is 4.93. The molecule has 5 nitrogen and oxygen atoms in total. The number of hydrogen-bond donors (Lipinski definition) is 1. The summed E-state index contributed by atoms with van der Waals surface area (Å²) >= 11 is 3.26. The van der Waals surface area contributed by atoms with Crippen LogP contribution in [0.4, 0.5) is 10.9 Å². The van der Waals surface area contributed by atoms with Gasteiger partial charge in [0.2, 0.25) is 0 Å². The van der Waals surface area contributed by atoms with Gasteiger partial charge in [-0.15, -0.1) is 22.7 Å². The molecule has 0 aliphatic heterocycles. The van der Waals surface area contributed by atoms with Gasteiger partial charge in [-0.05, 0) is 35.9 Å². The molecule has 0 unspecified atom stereocenters. The molecular weight excluding hydrogens is 354 g/mol. The second-order valence-corrected chi connectivity index (χ2v) is 8.09. The molecule has 0 saturated heterocycles. The highest BCUT2D eigenvalue weighted by molar-refractivity contribution is 7.17. The molecule has 0 fully saturated rings. The topological polar surface area (TPSA) is 66.3 Å². The van der Waals surface area contributed by atoms with Crippen LogP contribution in [0.1, 0.15) is 29.1 Å². The number of rotatable bonds is 6. The average Bonchev–Trinajstić information content (AvgIpc) is 3.23. The number of hydrogen-bond acceptors (Lipinski definition) is 6. The molecule has 0 aliphatic carbocycles. The van der Waals surface area contributed by atoms with E-state index in [1.807, 2.05) is 18.5 Å². The van der Waals surface area contributed by atoms with E-state index in [2.05, 4.69) is 24.9 Å². The maximum absolute atomic E-state index is 11.5. The van der Waals surface area contributed by atoms with Crippen molar-refractivity contribution in [1.82, 2.24) is 9.97 Å². The Labute approximate surface area is 154 Å². The number of thiazole rings is 1. The average molecular weight is 374 g/mol. The third kappa shape index (κ3) is 3.72. The highest BCUT2D eigenvalue weighted by atomic mass is 32.1. The first kappa shape index (κ1) is 17.6. The lowest BCUT2D eigenvalue weighted by Crippen LogP contribution is -2.15. The number of aromatic nitrogens is 2. The largest absolute Gasteiger partial charge is 0.478 e. The standard InChI is InChI=1S/C18H19N3O2S2/c1-11(2)10-14-15(13-7-5-9-24-13)20-18(25-14)21(3)16-12(17(22)23)6-4-8-19-16/h4-9,11H,10H2,1-3H3,(H,22,23). The van der Waals surface area contributed by atoms with Crippen molar-refractivity contribution in [3.8, 4) is 10.6 Å². The maximum atomic E-state index is 11.5. The molecule has 130 valence electrons. The van der Waals surface area contributed by atoms with E-state index in [9.17, 15) is 9.90 Å². The summed E-state index contributed by atoms with van der Waals surface area (Å²) in [6.45, 7) is 4.37. The Hall–Kier alpha value is -2.25. The first-order valence-electron chi connectivity index (χ1n) is 7.93. The Bertz CT molecular complexity index is 872. The van der Waals surface area contributed by atoms with Crippen molar-refractivity contribution in [3.63, 3.8) is 0 Å². The van der Waals surface area contributed by atoms with Crippen molar-refractivity contribution in [2.24, 2.45) is 5.92 Å². The summed E-state index contributed by atoms with van der Waals surface area (Å²) in [4.78, 5) is 24.6. The Morgan fingerprint density at radius 1 is 1.32 bits per heavy atom. The molecule has 0 atom stereocenters. The van der Waals surface area contributed by atoms with E-state index in [1.165, 1.54) is 4.88 Å². The summed E-state index contributed by atoms with van der Waals surface area (Å²) in [7, 11) is 1.81. The lowest BCUT2D eigenvalue weighted by molar-refractivity contribution is 0.0697. The summed E-state index contributed by atoms with van der Waals surface area (Å²) in [6, 6.07) is 7.27. The number of carbonyl (C=O) groups is 1. The van der Waals surface area contributed by atoms with Gasteiger partial charge < -0.3 is 10.0 Å². The van der Waals surface area contributed by atoms with Crippen LogP contribution in [0, 0.1) is 5.92 Å². The number of anilines is 2. The molecule has 0 radical (unpaired) electrons. The molecular formula is C18H19N3O2S2. The summed E-state index contributed by atoms with van der Waals surface area (Å²) in [6.07, 6.45) is 2.54. The van der Waals surface area contributed by atoms with E-state index in [4.69, 9.17) is 4.98 Å².